The van der Waals surface area contributed by atoms with Crippen molar-refractivity contribution < 1.29 is 28.6 Å². The molecule has 2 N–H and O–H groups in total. The van der Waals surface area contributed by atoms with Crippen LogP contribution in [-0.2, 0) is 18.8 Å². The summed E-state index contributed by atoms with van der Waals surface area (Å²) in [5.41, 5.74) is 7.20. The maximum Gasteiger partial charge on any atom is 0.261 e. The van der Waals surface area contributed by atoms with Gasteiger partial charge < -0.3 is 24.3 Å². The molecule has 0 spiro atoms. The minimum atomic E-state index is -2.99. The molecule has 3 aliphatic rings. The minimum absolute atomic E-state index is 0.103. The molecule has 1 aromatic heterocycles. The zero-order valence-corrected chi connectivity index (χ0v) is 40.8. The van der Waals surface area contributed by atoms with E-state index in [1.165, 1.54) is 15.3 Å². The number of anilines is 3. The van der Waals surface area contributed by atoms with Gasteiger partial charge in [-0.3, -0.25) is 19.5 Å². The third kappa shape index (κ3) is 8.77. The summed E-state index contributed by atoms with van der Waals surface area (Å²) in [6, 6.07) is 48.3. The van der Waals surface area contributed by atoms with E-state index < -0.39 is 20.2 Å². The Morgan fingerprint density at radius 3 is 2.11 bits per heavy atom. The lowest BCUT2D eigenvalue weighted by Gasteiger charge is -2.44. The number of hydrogen-bond donors (Lipinski definition) is 2. The smallest absolute Gasteiger partial charge is 0.261 e. The fraction of sp³-hybridized carbons (Fsp3) is 0.255. The number of allylic oxidation sites excluding steroid dienone is 1. The highest BCUT2D eigenvalue weighted by Crippen LogP contribution is 2.51. The van der Waals surface area contributed by atoms with Crippen LogP contribution < -0.4 is 25.3 Å². The first kappa shape index (κ1) is 45.3. The SMILES string of the molecule is COc1cc(/C=C(/CC[C@H]2OC[C@H]3C2=C(CO[Si](c2ccccc2)(c2ccccc2)C(C)(C)C)C[C@H]2C(=O)N(c4ccc(Nc5ccccc5)cc4)C(=O)[C@H]23)c2ccccn2)cc(I)c1O. The first-order valence-corrected chi connectivity index (χ1v) is 25.5. The number of rotatable bonds is 14. The number of hydrogen-bond acceptors (Lipinski definition) is 8. The summed E-state index contributed by atoms with van der Waals surface area (Å²) >= 11 is 2.12. The number of nitrogens with one attached hydrogen (secondary N) is 1. The van der Waals surface area contributed by atoms with Gasteiger partial charge in [-0.05, 0) is 146 Å². The average molecular weight is 1010 g/mol. The predicted molar refractivity (Wildman–Crippen MR) is 273 cm³/mol. The van der Waals surface area contributed by atoms with E-state index in [0.29, 0.717) is 47.5 Å². The average Bonchev–Trinajstić information content (AvgIpc) is 3.87. The highest BCUT2D eigenvalue weighted by atomic mass is 127. The van der Waals surface area contributed by atoms with E-state index >= 15 is 0 Å². The summed E-state index contributed by atoms with van der Waals surface area (Å²) in [5.74, 6) is -1.27. The number of amides is 2. The van der Waals surface area contributed by atoms with Crippen LogP contribution in [0.4, 0.5) is 17.1 Å². The van der Waals surface area contributed by atoms with E-state index in [1.54, 1.807) is 13.3 Å². The predicted octanol–water partition coefficient (Wildman–Crippen LogP) is 10.6. The van der Waals surface area contributed by atoms with Crippen LogP contribution in [0.5, 0.6) is 11.5 Å². The van der Waals surface area contributed by atoms with Gasteiger partial charge in [-0.2, -0.15) is 0 Å². The van der Waals surface area contributed by atoms with E-state index in [1.807, 2.05) is 97.1 Å². The Labute approximate surface area is 401 Å². The molecule has 1 aliphatic carbocycles. The molecule has 4 atom stereocenters. The van der Waals surface area contributed by atoms with Gasteiger partial charge in [0.15, 0.2) is 11.5 Å². The number of pyridine rings is 1. The zero-order valence-electron chi connectivity index (χ0n) is 37.6. The molecule has 5 aromatic carbocycles. The summed E-state index contributed by atoms with van der Waals surface area (Å²) in [6.07, 6.45) is 5.18. The fourth-order valence-corrected chi connectivity index (χ4v) is 15.5. The summed E-state index contributed by atoms with van der Waals surface area (Å²) in [7, 11) is -1.45. The van der Waals surface area contributed by atoms with E-state index in [9.17, 15) is 14.7 Å². The van der Waals surface area contributed by atoms with Crippen LogP contribution in [0, 0.1) is 21.3 Å². The molecule has 2 fully saturated rings. The number of imide groups is 1. The number of benzene rings is 5. The Morgan fingerprint density at radius 1 is 0.848 bits per heavy atom. The molecule has 66 heavy (non-hydrogen) atoms. The van der Waals surface area contributed by atoms with Gasteiger partial charge in [0.2, 0.25) is 11.8 Å². The second-order valence-corrected chi connectivity index (χ2v) is 23.8. The lowest BCUT2D eigenvalue weighted by atomic mass is 9.69. The van der Waals surface area contributed by atoms with E-state index in [-0.39, 0.29) is 34.6 Å². The number of aromatic nitrogens is 1. The van der Waals surface area contributed by atoms with E-state index in [2.05, 4.69) is 103 Å². The van der Waals surface area contributed by atoms with Crippen LogP contribution in [0.2, 0.25) is 5.04 Å². The van der Waals surface area contributed by atoms with Crippen molar-refractivity contribution in [2.45, 2.75) is 51.2 Å². The van der Waals surface area contributed by atoms with Gasteiger partial charge in [-0.25, -0.2) is 0 Å². The number of halogens is 1. The van der Waals surface area contributed by atoms with Gasteiger partial charge in [0.1, 0.15) is 0 Å². The van der Waals surface area contributed by atoms with Crippen molar-refractivity contribution >= 4 is 81.8 Å². The van der Waals surface area contributed by atoms with Crippen LogP contribution in [0.3, 0.4) is 0 Å². The summed E-state index contributed by atoms with van der Waals surface area (Å²) < 4.78 is 20.6. The fourth-order valence-electron chi connectivity index (χ4n) is 10.3. The molecule has 0 bridgehead atoms. The van der Waals surface area contributed by atoms with Crippen LogP contribution in [0.15, 0.2) is 163 Å². The number of nitrogens with zero attached hydrogens (tertiary/aromatic N) is 2. The number of ether oxygens (including phenoxy) is 2. The first-order valence-electron chi connectivity index (χ1n) is 22.5. The Kier molecular flexibility index (Phi) is 13.2. The number of methoxy groups -OCH3 is 1. The third-order valence-corrected chi connectivity index (χ3v) is 19.2. The summed E-state index contributed by atoms with van der Waals surface area (Å²) in [6.45, 7) is 7.44. The van der Waals surface area contributed by atoms with E-state index in [4.69, 9.17) is 18.9 Å². The Bertz CT molecular complexity index is 2720. The molecular formula is C55H54IN3O6Si. The Morgan fingerprint density at radius 2 is 1.48 bits per heavy atom. The number of aromatic hydroxyl groups is 1. The number of phenols is 1. The van der Waals surface area contributed by atoms with Crippen LogP contribution in [0.1, 0.15) is 51.3 Å². The third-order valence-electron chi connectivity index (χ3n) is 13.4. The monoisotopic (exact) mass is 1010 g/mol. The maximum atomic E-state index is 14.8. The molecule has 2 aliphatic heterocycles. The second kappa shape index (κ2) is 19.2. The molecule has 0 saturated carbocycles. The topological polar surface area (TPSA) is 110 Å². The van der Waals surface area contributed by atoms with Crippen molar-refractivity contribution in [3.8, 4) is 11.5 Å². The normalized spacial score (nSPS) is 19.8. The van der Waals surface area contributed by atoms with Crippen LogP contribution >= 0.6 is 22.6 Å². The second-order valence-electron chi connectivity index (χ2n) is 18.3. The maximum absolute atomic E-state index is 14.8. The van der Waals surface area contributed by atoms with Gasteiger partial charge in [0.25, 0.3) is 8.32 Å². The van der Waals surface area contributed by atoms with Gasteiger partial charge in [0.05, 0.1) is 53.2 Å². The molecule has 2 amide bonds. The molecule has 6 aromatic rings. The van der Waals surface area contributed by atoms with Gasteiger partial charge in [-0.1, -0.05) is 106 Å². The molecule has 0 radical (unpaired) electrons. The number of para-hydroxylation sites is 1. The largest absolute Gasteiger partial charge is 0.504 e. The Balaban J connectivity index is 1.08. The summed E-state index contributed by atoms with van der Waals surface area (Å²) in [4.78, 5) is 35.7. The van der Waals surface area contributed by atoms with Crippen LogP contribution in [0.25, 0.3) is 11.6 Å². The number of carbonyl (C=O) groups is 2. The van der Waals surface area contributed by atoms with Gasteiger partial charge in [-0.15, -0.1) is 0 Å². The van der Waals surface area contributed by atoms with Gasteiger partial charge >= 0.3 is 0 Å². The van der Waals surface area contributed by atoms with E-state index in [0.717, 1.165) is 39.4 Å². The van der Waals surface area contributed by atoms with Crippen molar-refractivity contribution in [2.75, 3.05) is 30.5 Å². The number of fused-ring (bicyclic) bond motifs is 3. The zero-order chi connectivity index (χ0) is 46.0. The quantitative estimate of drug-likeness (QED) is 0.0481. The van der Waals surface area contributed by atoms with Crippen molar-refractivity contribution in [2.24, 2.45) is 17.8 Å². The highest BCUT2D eigenvalue weighted by Gasteiger charge is 2.58. The molecule has 0 unspecified atom stereocenters. The van der Waals surface area contributed by atoms with Crippen LogP contribution in [-0.4, -0.2) is 56.6 Å². The highest BCUT2D eigenvalue weighted by molar-refractivity contribution is 14.1. The molecule has 3 heterocycles. The molecule has 9 nitrogen and oxygen atoms in total. The molecule has 11 heteroatoms. The van der Waals surface area contributed by atoms with Crippen molar-refractivity contribution in [1.82, 2.24) is 4.98 Å². The Hall–Kier alpha value is -5.86. The number of carbonyl (C=O) groups excluding carboxylic acids is 2. The lowest BCUT2D eigenvalue weighted by molar-refractivity contribution is -0.122. The standard InChI is InChI=1S/C55H54IN3O6Si/c1-55(2,3)66(42-18-10-6-11-19-42,43-20-12-7-13-21-43)65-34-38-33-44-51(54(62)59(53(44)61)41-26-24-40(25-27-41)58-39-16-8-5-9-17-39)45-35-64-48(50(38)45)28-23-37(47-22-14-15-29-57-47)30-36-31-46(56)52(60)49(32-36)63-4/h5-22,24-27,29-32,44-45,48,51,58,60H,23,28,33-35H2,1-4H3/b37-30-/t44-,45+,48-,51-/m1/s1. The number of phenolic OH excluding ortho intramolecular Hbond substituents is 1. The molecule has 9 rings (SSSR count). The van der Waals surface area contributed by atoms with Crippen molar-refractivity contribution in [3.63, 3.8) is 0 Å². The van der Waals surface area contributed by atoms with Crippen molar-refractivity contribution in [3.05, 3.63) is 178 Å². The first-order chi connectivity index (χ1) is 32.0. The molecule has 336 valence electrons. The summed E-state index contributed by atoms with van der Waals surface area (Å²) in [5, 5.41) is 16.1. The lowest BCUT2D eigenvalue weighted by Crippen LogP contribution is -2.66. The van der Waals surface area contributed by atoms with Gasteiger partial charge in [0, 0.05) is 23.5 Å². The molecule has 2 saturated heterocycles. The molecular weight excluding hydrogens is 954 g/mol. The van der Waals surface area contributed by atoms with Crippen molar-refractivity contribution in [1.29, 1.82) is 0 Å². The minimum Gasteiger partial charge on any atom is -0.504 e.